The number of rotatable bonds is 5. The van der Waals surface area contributed by atoms with Gasteiger partial charge in [0.15, 0.2) is 0 Å². The third kappa shape index (κ3) is 3.95. The van der Waals surface area contributed by atoms with Crippen LogP contribution in [0.2, 0.25) is 0 Å². The molecule has 0 heterocycles. The van der Waals surface area contributed by atoms with Gasteiger partial charge in [0.05, 0.1) is 12.6 Å². The van der Waals surface area contributed by atoms with E-state index < -0.39 is 0 Å². The zero-order chi connectivity index (χ0) is 14.7. The summed E-state index contributed by atoms with van der Waals surface area (Å²) in [6, 6.07) is 5.52. The molecule has 1 aromatic rings. The predicted molar refractivity (Wildman–Crippen MR) is 80.4 cm³/mol. The van der Waals surface area contributed by atoms with Gasteiger partial charge in [-0.05, 0) is 50.4 Å². The van der Waals surface area contributed by atoms with Crippen molar-refractivity contribution in [3.8, 4) is 0 Å². The van der Waals surface area contributed by atoms with Gasteiger partial charge in [0, 0.05) is 17.9 Å². The van der Waals surface area contributed by atoms with Gasteiger partial charge >= 0.3 is 0 Å². The maximum absolute atomic E-state index is 11.9. The number of nitrogens with zero attached hydrogens (tertiary/aromatic N) is 1. The Balaban J connectivity index is 1.78. The SMILES string of the molecule is Cc1ccc(NC(=O)CN(C)CC2CC(O)C2)cc1N. The first-order chi connectivity index (χ1) is 9.44. The Morgan fingerprint density at radius 3 is 2.80 bits per heavy atom. The lowest BCUT2D eigenvalue weighted by atomic mass is 9.82. The number of hydrogen-bond donors (Lipinski definition) is 3. The molecule has 0 radical (unpaired) electrons. The molecule has 0 aliphatic heterocycles. The fraction of sp³-hybridized carbons (Fsp3) is 0.533. The molecule has 0 aromatic heterocycles. The summed E-state index contributed by atoms with van der Waals surface area (Å²) in [6.07, 6.45) is 1.55. The number of aryl methyl sites for hydroxylation is 1. The zero-order valence-corrected chi connectivity index (χ0v) is 12.1. The molecule has 20 heavy (non-hydrogen) atoms. The molecule has 5 heteroatoms. The number of hydrogen-bond acceptors (Lipinski definition) is 4. The molecule has 1 aromatic carbocycles. The fourth-order valence-electron chi connectivity index (χ4n) is 2.52. The van der Waals surface area contributed by atoms with Crippen LogP contribution in [0, 0.1) is 12.8 Å². The highest BCUT2D eigenvalue weighted by Crippen LogP contribution is 2.27. The van der Waals surface area contributed by atoms with Crippen molar-refractivity contribution >= 4 is 17.3 Å². The Hall–Kier alpha value is -1.59. The van der Waals surface area contributed by atoms with Crippen LogP contribution in [-0.2, 0) is 4.79 Å². The van der Waals surface area contributed by atoms with Crippen LogP contribution in [-0.4, -0.2) is 42.2 Å². The second kappa shape index (κ2) is 6.24. The van der Waals surface area contributed by atoms with Crippen molar-refractivity contribution in [1.82, 2.24) is 4.90 Å². The van der Waals surface area contributed by atoms with Crippen LogP contribution in [0.15, 0.2) is 18.2 Å². The third-order valence-corrected chi connectivity index (χ3v) is 3.76. The summed E-state index contributed by atoms with van der Waals surface area (Å²) in [5, 5.41) is 12.1. The van der Waals surface area contributed by atoms with E-state index in [2.05, 4.69) is 5.32 Å². The number of nitrogen functional groups attached to an aromatic ring is 1. The van der Waals surface area contributed by atoms with Gasteiger partial charge in [0.1, 0.15) is 0 Å². The van der Waals surface area contributed by atoms with Crippen LogP contribution in [0.4, 0.5) is 11.4 Å². The Kier molecular flexibility index (Phi) is 4.62. The average Bonchev–Trinajstić information content (AvgIpc) is 2.31. The number of anilines is 2. The summed E-state index contributed by atoms with van der Waals surface area (Å²) in [5.41, 5.74) is 8.23. The number of aliphatic hydroxyl groups excluding tert-OH is 1. The van der Waals surface area contributed by atoms with E-state index in [9.17, 15) is 9.90 Å². The number of amides is 1. The molecule has 1 fully saturated rings. The van der Waals surface area contributed by atoms with Crippen LogP contribution < -0.4 is 11.1 Å². The highest BCUT2D eigenvalue weighted by atomic mass is 16.3. The lowest BCUT2D eigenvalue weighted by molar-refractivity contribution is -0.117. The summed E-state index contributed by atoms with van der Waals surface area (Å²) in [7, 11) is 1.92. The number of nitrogens with two attached hydrogens (primary N) is 1. The van der Waals surface area contributed by atoms with Crippen molar-refractivity contribution in [1.29, 1.82) is 0 Å². The topological polar surface area (TPSA) is 78.6 Å². The van der Waals surface area contributed by atoms with Gasteiger partial charge in [-0.25, -0.2) is 0 Å². The molecule has 1 aliphatic carbocycles. The van der Waals surface area contributed by atoms with Gasteiger partial charge in [0.25, 0.3) is 0 Å². The number of aliphatic hydroxyl groups is 1. The van der Waals surface area contributed by atoms with Crippen molar-refractivity contribution in [2.45, 2.75) is 25.9 Å². The number of nitrogens with one attached hydrogen (secondary N) is 1. The van der Waals surface area contributed by atoms with E-state index in [1.165, 1.54) is 0 Å². The second-order valence-corrected chi connectivity index (χ2v) is 5.81. The van der Waals surface area contributed by atoms with Crippen LogP contribution in [0.5, 0.6) is 0 Å². The molecule has 110 valence electrons. The normalized spacial score (nSPS) is 21.6. The van der Waals surface area contributed by atoms with Gasteiger partial charge in [-0.1, -0.05) is 6.07 Å². The Morgan fingerprint density at radius 1 is 1.50 bits per heavy atom. The quantitative estimate of drug-likeness (QED) is 0.707. The average molecular weight is 277 g/mol. The summed E-state index contributed by atoms with van der Waals surface area (Å²) >= 11 is 0. The molecule has 5 nitrogen and oxygen atoms in total. The number of benzene rings is 1. The molecule has 0 saturated heterocycles. The summed E-state index contributed by atoms with van der Waals surface area (Å²) < 4.78 is 0. The Bertz CT molecular complexity index is 484. The van der Waals surface area contributed by atoms with Gasteiger partial charge < -0.3 is 16.2 Å². The van der Waals surface area contributed by atoms with Crippen molar-refractivity contribution in [3.63, 3.8) is 0 Å². The maximum Gasteiger partial charge on any atom is 0.238 e. The largest absolute Gasteiger partial charge is 0.398 e. The summed E-state index contributed by atoms with van der Waals surface area (Å²) in [5.74, 6) is 0.466. The summed E-state index contributed by atoms with van der Waals surface area (Å²) in [4.78, 5) is 13.9. The zero-order valence-electron chi connectivity index (χ0n) is 12.1. The predicted octanol–water partition coefficient (Wildman–Crippen LogP) is 1.22. The van der Waals surface area contributed by atoms with E-state index in [1.54, 1.807) is 6.07 Å². The minimum Gasteiger partial charge on any atom is -0.398 e. The van der Waals surface area contributed by atoms with E-state index in [0.717, 1.165) is 30.6 Å². The maximum atomic E-state index is 11.9. The van der Waals surface area contributed by atoms with E-state index in [1.807, 2.05) is 31.0 Å². The third-order valence-electron chi connectivity index (χ3n) is 3.76. The smallest absolute Gasteiger partial charge is 0.238 e. The van der Waals surface area contributed by atoms with Gasteiger partial charge in [-0.3, -0.25) is 9.69 Å². The molecular weight excluding hydrogens is 254 g/mol. The monoisotopic (exact) mass is 277 g/mol. The molecule has 1 amide bonds. The van der Waals surface area contributed by atoms with Crippen molar-refractivity contribution in [2.24, 2.45) is 5.92 Å². The molecule has 4 N–H and O–H groups in total. The standard InChI is InChI=1S/C15H23N3O2/c1-10-3-4-12(7-14(10)16)17-15(20)9-18(2)8-11-5-13(19)6-11/h3-4,7,11,13,19H,5-6,8-9,16H2,1-2H3,(H,17,20). The number of likely N-dealkylation sites (N-methyl/N-ethyl adjacent to an activating group) is 1. The first-order valence-electron chi connectivity index (χ1n) is 6.96. The first-order valence-corrected chi connectivity index (χ1v) is 6.96. The van der Waals surface area contributed by atoms with E-state index >= 15 is 0 Å². The Labute approximate surface area is 119 Å². The van der Waals surface area contributed by atoms with E-state index in [-0.39, 0.29) is 12.0 Å². The van der Waals surface area contributed by atoms with Crippen molar-refractivity contribution in [3.05, 3.63) is 23.8 Å². The lowest BCUT2D eigenvalue weighted by Crippen LogP contribution is -2.39. The van der Waals surface area contributed by atoms with E-state index in [4.69, 9.17) is 5.73 Å². The highest BCUT2D eigenvalue weighted by Gasteiger charge is 2.28. The van der Waals surface area contributed by atoms with Crippen molar-refractivity contribution < 1.29 is 9.90 Å². The molecule has 1 aliphatic rings. The van der Waals surface area contributed by atoms with Gasteiger partial charge in [-0.2, -0.15) is 0 Å². The molecule has 0 unspecified atom stereocenters. The lowest BCUT2D eigenvalue weighted by Gasteiger charge is -2.34. The minimum atomic E-state index is -0.141. The van der Waals surface area contributed by atoms with Gasteiger partial charge in [-0.15, -0.1) is 0 Å². The molecule has 1 saturated carbocycles. The Morgan fingerprint density at radius 2 is 2.20 bits per heavy atom. The molecule has 0 atom stereocenters. The molecule has 2 rings (SSSR count). The molecule has 0 spiro atoms. The number of carbonyl (C=O) groups excluding carboxylic acids is 1. The second-order valence-electron chi connectivity index (χ2n) is 5.81. The van der Waals surface area contributed by atoms with Crippen LogP contribution in [0.25, 0.3) is 0 Å². The van der Waals surface area contributed by atoms with Gasteiger partial charge in [0.2, 0.25) is 5.91 Å². The van der Waals surface area contributed by atoms with Crippen LogP contribution in [0.3, 0.4) is 0 Å². The summed E-state index contributed by atoms with van der Waals surface area (Å²) in [6.45, 7) is 3.13. The van der Waals surface area contributed by atoms with Crippen LogP contribution in [0.1, 0.15) is 18.4 Å². The van der Waals surface area contributed by atoms with E-state index in [0.29, 0.717) is 18.2 Å². The number of carbonyl (C=O) groups is 1. The molecular formula is C15H23N3O2. The minimum absolute atomic E-state index is 0.0457. The molecule has 0 bridgehead atoms. The first kappa shape index (κ1) is 14.8. The highest BCUT2D eigenvalue weighted by molar-refractivity contribution is 5.92. The van der Waals surface area contributed by atoms with Crippen LogP contribution >= 0.6 is 0 Å². The fourth-order valence-corrected chi connectivity index (χ4v) is 2.52. The van der Waals surface area contributed by atoms with Crippen molar-refractivity contribution in [2.75, 3.05) is 31.2 Å².